The molecular weight excluding hydrogens is 326 g/mol. The molecule has 2 unspecified atom stereocenters. The maximum Gasteiger partial charge on any atom is 0.318 e. The number of hydrogen-bond acceptors (Lipinski definition) is 5. The average Bonchev–Trinajstić information content (AvgIpc) is 3.24. The van der Waals surface area contributed by atoms with Crippen LogP contribution in [0.1, 0.15) is 46.9 Å². The van der Waals surface area contributed by atoms with Gasteiger partial charge in [-0.25, -0.2) is 9.78 Å². The number of ether oxygens (including phenoxy) is 1. The molecule has 0 spiro atoms. The van der Waals surface area contributed by atoms with Gasteiger partial charge in [-0.15, -0.1) is 11.3 Å². The first kappa shape index (κ1) is 15.6. The van der Waals surface area contributed by atoms with E-state index in [0.717, 1.165) is 35.7 Å². The smallest absolute Gasteiger partial charge is 0.318 e. The second kappa shape index (κ2) is 6.52. The van der Waals surface area contributed by atoms with E-state index in [1.54, 1.807) is 11.3 Å². The van der Waals surface area contributed by atoms with Crippen LogP contribution in [0.2, 0.25) is 0 Å². The third-order valence-electron chi connectivity index (χ3n) is 4.60. The highest BCUT2D eigenvalue weighted by Gasteiger charge is 2.30. The largest absolute Gasteiger partial charge is 0.367 e. The predicted octanol–water partition coefficient (Wildman–Crippen LogP) is 2.34. The van der Waals surface area contributed by atoms with Gasteiger partial charge in [0.15, 0.2) is 0 Å². The number of aromatic nitrogens is 3. The number of nitrogens with zero attached hydrogens (tertiary/aromatic N) is 3. The quantitative estimate of drug-likeness (QED) is 0.873. The van der Waals surface area contributed by atoms with Gasteiger partial charge in [0, 0.05) is 17.6 Å². The molecule has 128 valence electrons. The number of carbonyl (C=O) groups is 1. The minimum atomic E-state index is -0.128. The Balaban J connectivity index is 1.42. The first-order chi connectivity index (χ1) is 11.7. The molecule has 2 aromatic heterocycles. The number of fused-ring (bicyclic) bond motifs is 1. The second-order valence-electron chi connectivity index (χ2n) is 6.34. The molecule has 1 aliphatic heterocycles. The molecule has 2 aliphatic rings. The van der Waals surface area contributed by atoms with Crippen molar-refractivity contribution in [2.24, 2.45) is 0 Å². The molecule has 1 aliphatic carbocycles. The van der Waals surface area contributed by atoms with Gasteiger partial charge in [0.25, 0.3) is 0 Å². The Morgan fingerprint density at radius 3 is 3.29 bits per heavy atom. The Hall–Kier alpha value is -1.93. The Morgan fingerprint density at radius 2 is 2.46 bits per heavy atom. The lowest BCUT2D eigenvalue weighted by molar-refractivity contribution is -0.0160. The van der Waals surface area contributed by atoms with E-state index < -0.39 is 0 Å². The van der Waals surface area contributed by atoms with E-state index in [9.17, 15) is 4.79 Å². The molecule has 2 N–H and O–H groups in total. The van der Waals surface area contributed by atoms with E-state index in [2.05, 4.69) is 20.5 Å². The summed E-state index contributed by atoms with van der Waals surface area (Å²) in [5, 5.41) is 13.3. The summed E-state index contributed by atoms with van der Waals surface area (Å²) in [5.41, 5.74) is 3.26. The highest BCUT2D eigenvalue weighted by atomic mass is 32.1. The van der Waals surface area contributed by atoms with Crippen LogP contribution in [0, 0.1) is 6.92 Å². The minimum Gasteiger partial charge on any atom is -0.367 e. The molecule has 0 bridgehead atoms. The Morgan fingerprint density at radius 1 is 1.54 bits per heavy atom. The standard InChI is InChI=1S/C16H21N5O2S/c1-10-9-24-15(18-10)13-8-21(5-6-23-13)16(22)19-12-4-2-3-11-7-17-20-14(11)12/h7,9,12-13H,2-6,8H2,1H3,(H,17,20)(H,19,22). The zero-order chi connectivity index (χ0) is 16.5. The van der Waals surface area contributed by atoms with Gasteiger partial charge < -0.3 is 15.0 Å². The van der Waals surface area contributed by atoms with E-state index >= 15 is 0 Å². The van der Waals surface area contributed by atoms with Crippen LogP contribution in [0.3, 0.4) is 0 Å². The number of amides is 2. The minimum absolute atomic E-state index is 0.0205. The molecule has 0 aromatic carbocycles. The van der Waals surface area contributed by atoms with Crippen molar-refractivity contribution in [3.8, 4) is 0 Å². The molecule has 8 heteroatoms. The van der Waals surface area contributed by atoms with Gasteiger partial charge in [-0.05, 0) is 31.7 Å². The predicted molar refractivity (Wildman–Crippen MR) is 89.9 cm³/mol. The van der Waals surface area contributed by atoms with Crippen molar-refractivity contribution < 1.29 is 9.53 Å². The lowest BCUT2D eigenvalue weighted by Crippen LogP contribution is -2.48. The number of aromatic amines is 1. The lowest BCUT2D eigenvalue weighted by atomic mass is 9.94. The summed E-state index contributed by atoms with van der Waals surface area (Å²) < 4.78 is 5.80. The number of morpholine rings is 1. The van der Waals surface area contributed by atoms with Crippen molar-refractivity contribution in [1.29, 1.82) is 0 Å². The molecule has 2 amide bonds. The number of thiazole rings is 1. The van der Waals surface area contributed by atoms with Gasteiger partial charge in [-0.3, -0.25) is 5.10 Å². The van der Waals surface area contributed by atoms with Gasteiger partial charge in [-0.1, -0.05) is 0 Å². The number of H-pyrrole nitrogens is 1. The van der Waals surface area contributed by atoms with Gasteiger partial charge >= 0.3 is 6.03 Å². The Labute approximate surface area is 144 Å². The van der Waals surface area contributed by atoms with Gasteiger partial charge in [0.05, 0.1) is 31.1 Å². The highest BCUT2D eigenvalue weighted by molar-refractivity contribution is 7.09. The number of nitrogens with one attached hydrogen (secondary N) is 2. The third-order valence-corrected chi connectivity index (χ3v) is 5.66. The molecular formula is C16H21N5O2S. The van der Waals surface area contributed by atoms with Crippen LogP contribution in [-0.4, -0.2) is 45.8 Å². The van der Waals surface area contributed by atoms with Crippen molar-refractivity contribution in [2.45, 2.75) is 38.3 Å². The van der Waals surface area contributed by atoms with Crippen molar-refractivity contribution in [3.05, 3.63) is 33.5 Å². The van der Waals surface area contributed by atoms with Crippen LogP contribution in [0.4, 0.5) is 4.79 Å². The van der Waals surface area contributed by atoms with Crippen molar-refractivity contribution in [1.82, 2.24) is 25.4 Å². The van der Waals surface area contributed by atoms with Crippen molar-refractivity contribution in [3.63, 3.8) is 0 Å². The molecule has 0 saturated carbocycles. The van der Waals surface area contributed by atoms with E-state index in [1.165, 1.54) is 5.56 Å². The molecule has 1 saturated heterocycles. The van der Waals surface area contributed by atoms with Crippen LogP contribution >= 0.6 is 11.3 Å². The van der Waals surface area contributed by atoms with Crippen molar-refractivity contribution in [2.75, 3.05) is 19.7 Å². The van der Waals surface area contributed by atoms with Gasteiger partial charge in [0.2, 0.25) is 0 Å². The third kappa shape index (κ3) is 3.03. The molecule has 2 atom stereocenters. The van der Waals surface area contributed by atoms with Crippen molar-refractivity contribution >= 4 is 17.4 Å². The zero-order valence-corrected chi connectivity index (χ0v) is 14.4. The normalized spacial score (nSPS) is 23.8. The van der Waals surface area contributed by atoms with Crippen LogP contribution < -0.4 is 5.32 Å². The van der Waals surface area contributed by atoms with Crippen LogP contribution in [0.5, 0.6) is 0 Å². The summed E-state index contributed by atoms with van der Waals surface area (Å²) in [7, 11) is 0. The van der Waals surface area contributed by atoms with E-state index in [1.807, 2.05) is 23.4 Å². The molecule has 7 nitrogen and oxygen atoms in total. The highest BCUT2D eigenvalue weighted by Crippen LogP contribution is 2.29. The fraction of sp³-hybridized carbons (Fsp3) is 0.562. The lowest BCUT2D eigenvalue weighted by Gasteiger charge is -2.33. The molecule has 2 aromatic rings. The second-order valence-corrected chi connectivity index (χ2v) is 7.23. The maximum absolute atomic E-state index is 12.7. The van der Waals surface area contributed by atoms with E-state index in [4.69, 9.17) is 4.74 Å². The molecule has 3 heterocycles. The van der Waals surface area contributed by atoms with Crippen LogP contribution in [0.25, 0.3) is 0 Å². The number of carbonyl (C=O) groups excluding carboxylic acids is 1. The first-order valence-electron chi connectivity index (χ1n) is 8.32. The number of hydrogen-bond donors (Lipinski definition) is 2. The van der Waals surface area contributed by atoms with Gasteiger partial charge in [0.1, 0.15) is 11.1 Å². The van der Waals surface area contributed by atoms with Gasteiger partial charge in [-0.2, -0.15) is 5.10 Å². The summed E-state index contributed by atoms with van der Waals surface area (Å²) in [4.78, 5) is 19.0. The first-order valence-corrected chi connectivity index (χ1v) is 9.20. The summed E-state index contributed by atoms with van der Waals surface area (Å²) in [6, 6.07) is -0.0174. The Kier molecular flexibility index (Phi) is 4.24. The van der Waals surface area contributed by atoms with Crippen LogP contribution in [-0.2, 0) is 11.2 Å². The van der Waals surface area contributed by atoms with Crippen LogP contribution in [0.15, 0.2) is 11.6 Å². The summed E-state index contributed by atoms with van der Waals surface area (Å²) >= 11 is 1.59. The monoisotopic (exact) mass is 347 g/mol. The summed E-state index contributed by atoms with van der Waals surface area (Å²) in [5.74, 6) is 0. The summed E-state index contributed by atoms with van der Waals surface area (Å²) in [6.07, 6.45) is 4.78. The van der Waals surface area contributed by atoms with E-state index in [-0.39, 0.29) is 18.2 Å². The van der Waals surface area contributed by atoms with E-state index in [0.29, 0.717) is 19.7 Å². The SMILES string of the molecule is Cc1csc(C2CN(C(=O)NC3CCCc4cn[nH]c43)CCO2)n1. The zero-order valence-electron chi connectivity index (χ0n) is 13.6. The number of aryl methyl sites for hydroxylation is 2. The Bertz CT molecular complexity index is 728. The summed E-state index contributed by atoms with van der Waals surface area (Å²) in [6.45, 7) is 3.66. The molecule has 1 fully saturated rings. The number of rotatable bonds is 2. The topological polar surface area (TPSA) is 83.1 Å². The molecule has 0 radical (unpaired) electrons. The number of urea groups is 1. The molecule has 4 rings (SSSR count). The fourth-order valence-electron chi connectivity index (χ4n) is 3.35. The fourth-order valence-corrected chi connectivity index (χ4v) is 4.19. The average molecular weight is 347 g/mol. The maximum atomic E-state index is 12.7. The molecule has 24 heavy (non-hydrogen) atoms.